The van der Waals surface area contributed by atoms with Crippen LogP contribution in [0.15, 0.2) is 61.1 Å². The minimum atomic E-state index is 0.191. The Bertz CT molecular complexity index is 1010. The number of hydrogen-bond donors (Lipinski definition) is 1. The van der Waals surface area contributed by atoms with Gasteiger partial charge in [0.2, 0.25) is 0 Å². The number of rotatable bonds is 4. The summed E-state index contributed by atoms with van der Waals surface area (Å²) in [7, 11) is 1.96. The largest absolute Gasteiger partial charge is 0.377 e. The van der Waals surface area contributed by atoms with Crippen LogP contribution < -0.4 is 5.32 Å². The Balaban J connectivity index is 1.57. The van der Waals surface area contributed by atoms with Gasteiger partial charge in [0, 0.05) is 36.9 Å². The van der Waals surface area contributed by atoms with Crippen LogP contribution in [-0.2, 0) is 7.05 Å². The third kappa shape index (κ3) is 2.89. The summed E-state index contributed by atoms with van der Waals surface area (Å²) >= 11 is 0. The van der Waals surface area contributed by atoms with Crippen molar-refractivity contribution in [1.82, 2.24) is 19.2 Å². The fourth-order valence-electron chi connectivity index (χ4n) is 3.16. The standard InChI is InChI=1S/C20H21N5/c1-14-5-4-12-25-13-18(23-20(14)25)16-6-8-17(9-7-16)22-15(2)19-10-11-21-24(19)3/h4-13,15,22H,1-3H3. The third-order valence-electron chi connectivity index (χ3n) is 4.54. The monoisotopic (exact) mass is 331 g/mol. The van der Waals surface area contributed by atoms with Gasteiger partial charge in [0.25, 0.3) is 0 Å². The van der Waals surface area contributed by atoms with Gasteiger partial charge in [-0.2, -0.15) is 5.10 Å². The molecule has 1 N–H and O–H groups in total. The first-order chi connectivity index (χ1) is 12.1. The van der Waals surface area contributed by atoms with E-state index in [0.29, 0.717) is 0 Å². The Morgan fingerprint density at radius 3 is 2.56 bits per heavy atom. The lowest BCUT2D eigenvalue weighted by Gasteiger charge is -2.15. The fraction of sp³-hybridized carbons (Fsp3) is 0.200. The van der Waals surface area contributed by atoms with E-state index in [4.69, 9.17) is 4.98 Å². The molecule has 25 heavy (non-hydrogen) atoms. The maximum atomic E-state index is 4.76. The van der Waals surface area contributed by atoms with Crippen LogP contribution in [0.25, 0.3) is 16.9 Å². The second-order valence-corrected chi connectivity index (χ2v) is 6.37. The van der Waals surface area contributed by atoms with Crippen molar-refractivity contribution < 1.29 is 0 Å². The van der Waals surface area contributed by atoms with E-state index in [2.05, 4.69) is 65.2 Å². The molecule has 0 saturated heterocycles. The number of nitrogens with one attached hydrogen (secondary N) is 1. The molecule has 4 aromatic rings. The van der Waals surface area contributed by atoms with Crippen LogP contribution in [0.3, 0.4) is 0 Å². The van der Waals surface area contributed by atoms with Crippen LogP contribution in [0.1, 0.15) is 24.2 Å². The third-order valence-corrected chi connectivity index (χ3v) is 4.54. The predicted molar refractivity (Wildman–Crippen MR) is 101 cm³/mol. The van der Waals surface area contributed by atoms with Crippen molar-refractivity contribution in [2.75, 3.05) is 5.32 Å². The number of hydrogen-bond acceptors (Lipinski definition) is 3. The number of aryl methyl sites for hydroxylation is 2. The normalized spacial score (nSPS) is 12.4. The number of fused-ring (bicyclic) bond motifs is 1. The molecule has 1 atom stereocenters. The number of imidazole rings is 1. The molecular weight excluding hydrogens is 310 g/mol. The van der Waals surface area contributed by atoms with Crippen molar-refractivity contribution in [2.24, 2.45) is 7.05 Å². The van der Waals surface area contributed by atoms with Crippen molar-refractivity contribution in [1.29, 1.82) is 0 Å². The first-order valence-electron chi connectivity index (χ1n) is 8.41. The highest BCUT2D eigenvalue weighted by Crippen LogP contribution is 2.24. The summed E-state index contributed by atoms with van der Waals surface area (Å²) < 4.78 is 3.96. The van der Waals surface area contributed by atoms with Gasteiger partial charge in [0.1, 0.15) is 5.65 Å². The molecule has 4 rings (SSSR count). The number of aromatic nitrogens is 4. The van der Waals surface area contributed by atoms with Crippen molar-refractivity contribution in [3.63, 3.8) is 0 Å². The van der Waals surface area contributed by atoms with Crippen LogP contribution in [-0.4, -0.2) is 19.2 Å². The SMILES string of the molecule is Cc1cccn2cc(-c3ccc(NC(C)c4ccnn4C)cc3)nc12. The molecule has 0 spiro atoms. The highest BCUT2D eigenvalue weighted by atomic mass is 15.3. The summed E-state index contributed by atoms with van der Waals surface area (Å²) in [6.07, 6.45) is 5.93. The zero-order chi connectivity index (χ0) is 17.4. The number of nitrogens with zero attached hydrogens (tertiary/aromatic N) is 4. The molecule has 0 aliphatic heterocycles. The van der Waals surface area contributed by atoms with Crippen molar-refractivity contribution in [3.8, 4) is 11.3 Å². The van der Waals surface area contributed by atoms with Crippen molar-refractivity contribution in [3.05, 3.63) is 72.3 Å². The molecule has 1 aromatic carbocycles. The average molecular weight is 331 g/mol. The van der Waals surface area contributed by atoms with Crippen LogP contribution in [0.2, 0.25) is 0 Å². The predicted octanol–water partition coefficient (Wildman–Crippen LogP) is 4.22. The van der Waals surface area contributed by atoms with E-state index in [-0.39, 0.29) is 6.04 Å². The molecular formula is C20H21N5. The van der Waals surface area contributed by atoms with Crippen molar-refractivity contribution in [2.45, 2.75) is 19.9 Å². The van der Waals surface area contributed by atoms with Gasteiger partial charge in [-0.25, -0.2) is 4.98 Å². The highest BCUT2D eigenvalue weighted by Gasteiger charge is 2.10. The maximum absolute atomic E-state index is 4.76. The molecule has 0 radical (unpaired) electrons. The van der Waals surface area contributed by atoms with E-state index >= 15 is 0 Å². The summed E-state index contributed by atoms with van der Waals surface area (Å²) in [5, 5.41) is 7.74. The van der Waals surface area contributed by atoms with E-state index in [1.54, 1.807) is 0 Å². The minimum absolute atomic E-state index is 0.191. The first-order valence-corrected chi connectivity index (χ1v) is 8.41. The summed E-state index contributed by atoms with van der Waals surface area (Å²) in [5.41, 5.74) is 6.52. The Hall–Kier alpha value is -3.08. The second-order valence-electron chi connectivity index (χ2n) is 6.37. The van der Waals surface area contributed by atoms with Crippen molar-refractivity contribution >= 4 is 11.3 Å². The molecule has 1 unspecified atom stereocenters. The molecule has 5 nitrogen and oxygen atoms in total. The molecule has 0 aliphatic rings. The number of anilines is 1. The molecule has 0 saturated carbocycles. The Kier molecular flexibility index (Phi) is 3.76. The van der Waals surface area contributed by atoms with Gasteiger partial charge < -0.3 is 9.72 Å². The zero-order valence-corrected chi connectivity index (χ0v) is 14.6. The van der Waals surface area contributed by atoms with Crippen LogP contribution in [0.5, 0.6) is 0 Å². The zero-order valence-electron chi connectivity index (χ0n) is 14.6. The quantitative estimate of drug-likeness (QED) is 0.609. The van der Waals surface area contributed by atoms with Gasteiger partial charge in [-0.05, 0) is 43.7 Å². The molecule has 0 aliphatic carbocycles. The van der Waals surface area contributed by atoms with E-state index in [9.17, 15) is 0 Å². The summed E-state index contributed by atoms with van der Waals surface area (Å²) in [6.45, 7) is 4.22. The van der Waals surface area contributed by atoms with E-state index in [1.807, 2.05) is 36.3 Å². The molecule has 126 valence electrons. The van der Waals surface area contributed by atoms with Gasteiger partial charge in [0.05, 0.1) is 17.4 Å². The summed E-state index contributed by atoms with van der Waals surface area (Å²) in [6, 6.07) is 14.8. The fourth-order valence-corrected chi connectivity index (χ4v) is 3.16. The van der Waals surface area contributed by atoms with Crippen LogP contribution in [0.4, 0.5) is 5.69 Å². The summed E-state index contributed by atoms with van der Waals surface area (Å²) in [5.74, 6) is 0. The van der Waals surface area contributed by atoms with Gasteiger partial charge in [-0.1, -0.05) is 18.2 Å². The molecule has 3 aromatic heterocycles. The molecule has 5 heteroatoms. The topological polar surface area (TPSA) is 47.1 Å². The van der Waals surface area contributed by atoms with Gasteiger partial charge >= 0.3 is 0 Å². The Morgan fingerprint density at radius 2 is 1.88 bits per heavy atom. The smallest absolute Gasteiger partial charge is 0.140 e. The van der Waals surface area contributed by atoms with Gasteiger partial charge in [0.15, 0.2) is 0 Å². The number of pyridine rings is 1. The maximum Gasteiger partial charge on any atom is 0.140 e. The van der Waals surface area contributed by atoms with Crippen LogP contribution in [0, 0.1) is 6.92 Å². The molecule has 3 heterocycles. The summed E-state index contributed by atoms with van der Waals surface area (Å²) in [4.78, 5) is 4.76. The number of benzene rings is 1. The second kappa shape index (κ2) is 6.09. The highest BCUT2D eigenvalue weighted by molar-refractivity contribution is 5.66. The molecule has 0 amide bonds. The Morgan fingerprint density at radius 1 is 1.08 bits per heavy atom. The van der Waals surface area contributed by atoms with Gasteiger partial charge in [-0.3, -0.25) is 4.68 Å². The van der Waals surface area contributed by atoms with E-state index in [0.717, 1.165) is 28.3 Å². The molecule has 0 fully saturated rings. The van der Waals surface area contributed by atoms with Gasteiger partial charge in [-0.15, -0.1) is 0 Å². The lowest BCUT2D eigenvalue weighted by atomic mass is 10.1. The minimum Gasteiger partial charge on any atom is -0.377 e. The average Bonchev–Trinajstić information content (AvgIpc) is 3.22. The Labute approximate surface area is 147 Å². The lowest BCUT2D eigenvalue weighted by molar-refractivity contribution is 0.676. The van der Waals surface area contributed by atoms with Crippen LogP contribution >= 0.6 is 0 Å². The van der Waals surface area contributed by atoms with E-state index in [1.165, 1.54) is 5.56 Å². The van der Waals surface area contributed by atoms with E-state index < -0.39 is 0 Å². The molecule has 0 bridgehead atoms. The lowest BCUT2D eigenvalue weighted by Crippen LogP contribution is -2.11. The first kappa shape index (κ1) is 15.4.